The Bertz CT molecular complexity index is 893. The maximum Gasteiger partial charge on any atom is 0.251 e. The van der Waals surface area contributed by atoms with Crippen molar-refractivity contribution in [1.82, 2.24) is 16.0 Å². The molecule has 5 N–H and O–H groups in total. The first-order valence-corrected chi connectivity index (χ1v) is 9.40. The monoisotopic (exact) mass is 543 g/mol. The lowest BCUT2D eigenvalue weighted by molar-refractivity contribution is -0.117. The highest BCUT2D eigenvalue weighted by Crippen LogP contribution is 2.16. The number of halogens is 2. The van der Waals surface area contributed by atoms with Gasteiger partial charge in [0.05, 0.1) is 13.1 Å². The maximum atomic E-state index is 13.7. The zero-order valence-electron chi connectivity index (χ0n) is 17.4. The number of carbonyl (C=O) groups excluding carboxylic acids is 2. The number of aliphatic imine (C=N–C) groups is 1. The number of ether oxygens (including phenoxy) is 1. The van der Waals surface area contributed by atoms with E-state index in [1.165, 1.54) is 6.07 Å². The number of nitrogens with one attached hydrogen (secondary N) is 3. The Labute approximate surface area is 197 Å². The highest BCUT2D eigenvalue weighted by Gasteiger charge is 2.09. The van der Waals surface area contributed by atoms with Crippen molar-refractivity contribution in [1.29, 1.82) is 0 Å². The van der Waals surface area contributed by atoms with E-state index in [4.69, 9.17) is 10.5 Å². The molecule has 0 saturated heterocycles. The van der Waals surface area contributed by atoms with Crippen molar-refractivity contribution in [3.8, 4) is 5.75 Å². The number of rotatable bonds is 9. The zero-order valence-corrected chi connectivity index (χ0v) is 19.7. The predicted molar refractivity (Wildman–Crippen MR) is 128 cm³/mol. The first kappa shape index (κ1) is 26.1. The summed E-state index contributed by atoms with van der Waals surface area (Å²) in [6.45, 7) is 2.52. The molecule has 0 saturated carbocycles. The number of amides is 2. The van der Waals surface area contributed by atoms with Crippen LogP contribution in [0.3, 0.4) is 0 Å². The van der Waals surface area contributed by atoms with Crippen LogP contribution in [0.15, 0.2) is 53.5 Å². The Morgan fingerprint density at radius 2 is 1.77 bits per heavy atom. The van der Waals surface area contributed by atoms with Crippen molar-refractivity contribution < 1.29 is 18.7 Å². The molecule has 0 bridgehead atoms. The molecule has 2 aromatic carbocycles. The molecule has 31 heavy (non-hydrogen) atoms. The lowest BCUT2D eigenvalue weighted by atomic mass is 10.1. The summed E-state index contributed by atoms with van der Waals surface area (Å²) in [5, 5.41) is 8.70. The van der Waals surface area contributed by atoms with E-state index >= 15 is 0 Å². The third-order valence-corrected chi connectivity index (χ3v) is 4.04. The van der Waals surface area contributed by atoms with Crippen molar-refractivity contribution in [2.45, 2.75) is 19.6 Å². The SMILES string of the molecule is CN=C(NCc1ccc(C(=O)NCC(N)=O)cc1)NCC(C)Oc1ccccc1F.I. The molecule has 8 nitrogen and oxygen atoms in total. The Balaban J connectivity index is 0.00000480. The minimum atomic E-state index is -0.600. The summed E-state index contributed by atoms with van der Waals surface area (Å²) in [4.78, 5) is 26.7. The molecule has 0 radical (unpaired) electrons. The standard InChI is InChI=1S/C21H26FN5O3.HI/c1-14(30-18-6-4-3-5-17(18)22)11-26-21(24-2)27-12-15-7-9-16(10-8-15)20(29)25-13-19(23)28;/h3-10,14H,11-13H2,1-2H3,(H2,23,28)(H,25,29)(H2,24,26,27);1H. The summed E-state index contributed by atoms with van der Waals surface area (Å²) < 4.78 is 19.2. The van der Waals surface area contributed by atoms with Gasteiger partial charge in [-0.25, -0.2) is 4.39 Å². The Morgan fingerprint density at radius 3 is 2.39 bits per heavy atom. The van der Waals surface area contributed by atoms with Gasteiger partial charge in [0.1, 0.15) is 6.10 Å². The van der Waals surface area contributed by atoms with E-state index in [1.54, 1.807) is 49.5 Å². The van der Waals surface area contributed by atoms with Crippen LogP contribution in [0.4, 0.5) is 4.39 Å². The quantitative estimate of drug-likeness (QED) is 0.219. The molecule has 0 fully saturated rings. The lowest BCUT2D eigenvalue weighted by Crippen LogP contribution is -2.41. The van der Waals surface area contributed by atoms with Gasteiger partial charge in [-0.15, -0.1) is 24.0 Å². The van der Waals surface area contributed by atoms with Gasteiger partial charge in [-0.3, -0.25) is 14.6 Å². The van der Waals surface area contributed by atoms with Gasteiger partial charge >= 0.3 is 0 Å². The van der Waals surface area contributed by atoms with E-state index in [9.17, 15) is 14.0 Å². The topological polar surface area (TPSA) is 118 Å². The average molecular weight is 543 g/mol. The minimum Gasteiger partial charge on any atom is -0.486 e. The summed E-state index contributed by atoms with van der Waals surface area (Å²) >= 11 is 0. The van der Waals surface area contributed by atoms with Crippen molar-refractivity contribution in [2.24, 2.45) is 10.7 Å². The minimum absolute atomic E-state index is 0. The van der Waals surface area contributed by atoms with E-state index in [2.05, 4.69) is 20.9 Å². The molecule has 0 aromatic heterocycles. The number of benzene rings is 2. The van der Waals surface area contributed by atoms with E-state index in [-0.39, 0.29) is 48.3 Å². The number of nitrogens with zero attached hydrogens (tertiary/aromatic N) is 1. The largest absolute Gasteiger partial charge is 0.486 e. The van der Waals surface area contributed by atoms with Gasteiger partial charge in [0.2, 0.25) is 5.91 Å². The summed E-state index contributed by atoms with van der Waals surface area (Å²) in [6, 6.07) is 13.2. The van der Waals surface area contributed by atoms with Gasteiger partial charge in [-0.2, -0.15) is 0 Å². The molecule has 2 amide bonds. The maximum absolute atomic E-state index is 13.7. The molecule has 0 aliphatic heterocycles. The average Bonchev–Trinajstić information content (AvgIpc) is 2.74. The molecule has 2 rings (SSSR count). The fourth-order valence-corrected chi connectivity index (χ4v) is 2.49. The molecule has 168 valence electrons. The summed E-state index contributed by atoms with van der Waals surface area (Å²) in [5.74, 6) is -0.609. The molecular weight excluding hydrogens is 516 g/mol. The van der Waals surface area contributed by atoms with Gasteiger partial charge < -0.3 is 26.4 Å². The van der Waals surface area contributed by atoms with E-state index in [0.717, 1.165) is 5.56 Å². The normalized spacial score (nSPS) is 11.6. The van der Waals surface area contributed by atoms with Crippen LogP contribution >= 0.6 is 24.0 Å². The summed E-state index contributed by atoms with van der Waals surface area (Å²) in [5.41, 5.74) is 6.37. The zero-order chi connectivity index (χ0) is 21.9. The van der Waals surface area contributed by atoms with Crippen molar-refractivity contribution in [3.05, 3.63) is 65.5 Å². The molecule has 0 spiro atoms. The smallest absolute Gasteiger partial charge is 0.251 e. The summed E-state index contributed by atoms with van der Waals surface area (Å²) in [6.07, 6.45) is -0.279. The molecule has 10 heteroatoms. The van der Waals surface area contributed by atoms with E-state index < -0.39 is 11.7 Å². The fourth-order valence-electron chi connectivity index (χ4n) is 2.49. The van der Waals surface area contributed by atoms with E-state index in [0.29, 0.717) is 24.6 Å². The molecule has 1 unspecified atom stereocenters. The van der Waals surface area contributed by atoms with Crippen LogP contribution in [0.1, 0.15) is 22.8 Å². The highest BCUT2D eigenvalue weighted by atomic mass is 127. The number of nitrogens with two attached hydrogens (primary N) is 1. The lowest BCUT2D eigenvalue weighted by Gasteiger charge is -2.18. The van der Waals surface area contributed by atoms with E-state index in [1.807, 2.05) is 6.92 Å². The van der Waals surface area contributed by atoms with Crippen LogP contribution in [-0.2, 0) is 11.3 Å². The molecular formula is C21H27FIN5O3. The van der Waals surface area contributed by atoms with Crippen LogP contribution in [0.25, 0.3) is 0 Å². The Hall–Kier alpha value is -2.89. The van der Waals surface area contributed by atoms with Gasteiger partial charge in [0, 0.05) is 19.2 Å². The fraction of sp³-hybridized carbons (Fsp3) is 0.286. The van der Waals surface area contributed by atoms with Gasteiger partial charge in [0.25, 0.3) is 5.91 Å². The van der Waals surface area contributed by atoms with Gasteiger partial charge in [-0.1, -0.05) is 24.3 Å². The number of hydrogen-bond donors (Lipinski definition) is 4. The third-order valence-electron chi connectivity index (χ3n) is 4.04. The van der Waals surface area contributed by atoms with Crippen LogP contribution in [0.5, 0.6) is 5.75 Å². The van der Waals surface area contributed by atoms with Crippen LogP contribution in [0, 0.1) is 5.82 Å². The van der Waals surface area contributed by atoms with Crippen LogP contribution in [-0.4, -0.2) is 44.0 Å². The Kier molecular flexibility index (Phi) is 11.3. The second-order valence-electron chi connectivity index (χ2n) is 6.51. The third kappa shape index (κ3) is 9.20. The first-order chi connectivity index (χ1) is 14.4. The molecule has 1 atom stereocenters. The number of hydrogen-bond acceptors (Lipinski definition) is 4. The number of primary amides is 1. The van der Waals surface area contributed by atoms with Crippen LogP contribution < -0.4 is 26.4 Å². The van der Waals surface area contributed by atoms with Gasteiger partial charge in [0.15, 0.2) is 17.5 Å². The second kappa shape index (κ2) is 13.4. The van der Waals surface area contributed by atoms with Crippen molar-refractivity contribution in [3.63, 3.8) is 0 Å². The van der Waals surface area contributed by atoms with Crippen molar-refractivity contribution >= 4 is 41.8 Å². The highest BCUT2D eigenvalue weighted by molar-refractivity contribution is 14.0. The number of guanidine groups is 1. The number of para-hydroxylation sites is 1. The molecule has 0 heterocycles. The second-order valence-corrected chi connectivity index (χ2v) is 6.51. The summed E-state index contributed by atoms with van der Waals surface area (Å²) in [7, 11) is 1.64. The first-order valence-electron chi connectivity index (χ1n) is 9.40. The van der Waals surface area contributed by atoms with Gasteiger partial charge in [-0.05, 0) is 36.8 Å². The Morgan fingerprint density at radius 1 is 1.10 bits per heavy atom. The predicted octanol–water partition coefficient (Wildman–Crippen LogP) is 1.79. The molecule has 0 aliphatic carbocycles. The molecule has 2 aromatic rings. The number of carbonyl (C=O) groups is 2. The van der Waals surface area contributed by atoms with Crippen molar-refractivity contribution in [2.75, 3.05) is 20.1 Å². The molecule has 0 aliphatic rings. The van der Waals surface area contributed by atoms with Crippen LogP contribution in [0.2, 0.25) is 0 Å².